The largest absolute Gasteiger partial charge is 0.476 e. The highest BCUT2D eigenvalue weighted by molar-refractivity contribution is 9.10. The smallest absolute Gasteiger partial charge is 0.363 e. The van der Waals surface area contributed by atoms with Crippen molar-refractivity contribution >= 4 is 27.6 Å². The lowest BCUT2D eigenvalue weighted by Gasteiger charge is -2.00. The van der Waals surface area contributed by atoms with Gasteiger partial charge in [-0.1, -0.05) is 0 Å². The van der Waals surface area contributed by atoms with Gasteiger partial charge in [0.05, 0.1) is 9.40 Å². The van der Waals surface area contributed by atoms with Gasteiger partial charge in [-0.05, 0) is 28.1 Å². The van der Waals surface area contributed by atoms with E-state index in [1.807, 2.05) is 0 Å². The molecule has 0 amide bonds. The van der Waals surface area contributed by atoms with Gasteiger partial charge in [-0.2, -0.15) is 5.10 Å². The van der Waals surface area contributed by atoms with Crippen molar-refractivity contribution in [2.24, 2.45) is 0 Å². The van der Waals surface area contributed by atoms with Crippen molar-refractivity contribution in [3.8, 4) is 5.82 Å². The standard InChI is InChI=1S/C9H5BrN4O4/c10-5-2-1-3-11-8(5)13-4-6(14(17)18)7(12-13)9(15)16/h1-4H,(H,15,16). The molecule has 0 saturated heterocycles. The van der Waals surface area contributed by atoms with Crippen molar-refractivity contribution in [2.45, 2.75) is 0 Å². The molecular weight excluding hydrogens is 308 g/mol. The molecule has 0 aliphatic carbocycles. The van der Waals surface area contributed by atoms with Gasteiger partial charge in [-0.3, -0.25) is 10.1 Å². The van der Waals surface area contributed by atoms with Gasteiger partial charge in [0.2, 0.25) is 5.69 Å². The molecule has 0 fully saturated rings. The van der Waals surface area contributed by atoms with Gasteiger partial charge in [0.15, 0.2) is 5.82 Å². The number of carboxylic acids is 1. The summed E-state index contributed by atoms with van der Waals surface area (Å²) in [5.74, 6) is -1.19. The summed E-state index contributed by atoms with van der Waals surface area (Å²) in [6.45, 7) is 0. The van der Waals surface area contributed by atoms with Gasteiger partial charge in [0, 0.05) is 6.20 Å². The molecule has 2 rings (SSSR count). The molecule has 92 valence electrons. The fraction of sp³-hybridized carbons (Fsp3) is 0. The van der Waals surface area contributed by atoms with Gasteiger partial charge >= 0.3 is 11.7 Å². The van der Waals surface area contributed by atoms with Crippen molar-refractivity contribution in [3.05, 3.63) is 44.8 Å². The molecule has 9 heteroatoms. The van der Waals surface area contributed by atoms with E-state index < -0.39 is 22.3 Å². The Morgan fingerprint density at radius 3 is 2.78 bits per heavy atom. The van der Waals surface area contributed by atoms with E-state index in [0.29, 0.717) is 4.47 Å². The second-order valence-corrected chi connectivity index (χ2v) is 4.03. The molecule has 1 N–H and O–H groups in total. The summed E-state index contributed by atoms with van der Waals surface area (Å²) in [5.41, 5.74) is -1.21. The monoisotopic (exact) mass is 312 g/mol. The zero-order valence-electron chi connectivity index (χ0n) is 8.65. The number of nitro groups is 1. The number of aromatic carboxylic acids is 1. The highest BCUT2D eigenvalue weighted by Crippen LogP contribution is 2.22. The normalized spacial score (nSPS) is 10.3. The van der Waals surface area contributed by atoms with Gasteiger partial charge in [0.1, 0.15) is 6.20 Å². The Bertz CT molecular complexity index is 608. The number of carbonyl (C=O) groups is 1. The molecule has 0 spiro atoms. The second-order valence-electron chi connectivity index (χ2n) is 3.18. The number of rotatable bonds is 3. The summed E-state index contributed by atoms with van der Waals surface area (Å²) in [5, 5.41) is 23.2. The number of hydrogen-bond donors (Lipinski definition) is 1. The summed E-state index contributed by atoms with van der Waals surface area (Å²) >= 11 is 3.20. The fourth-order valence-corrected chi connectivity index (χ4v) is 1.74. The molecule has 0 aromatic carbocycles. The molecule has 0 aliphatic rings. The third kappa shape index (κ3) is 2.07. The first kappa shape index (κ1) is 12.2. The van der Waals surface area contributed by atoms with Crippen LogP contribution in [0.5, 0.6) is 0 Å². The Kier molecular flexibility index (Phi) is 3.06. The molecule has 0 aliphatic heterocycles. The van der Waals surface area contributed by atoms with Gasteiger partial charge in [0.25, 0.3) is 0 Å². The van der Waals surface area contributed by atoms with Crippen LogP contribution in [0, 0.1) is 10.1 Å². The Balaban J connectivity index is 2.61. The van der Waals surface area contributed by atoms with Crippen molar-refractivity contribution < 1.29 is 14.8 Å². The van der Waals surface area contributed by atoms with Crippen molar-refractivity contribution in [1.82, 2.24) is 14.8 Å². The van der Waals surface area contributed by atoms with Crippen LogP contribution in [0.25, 0.3) is 5.82 Å². The van der Waals surface area contributed by atoms with E-state index >= 15 is 0 Å². The van der Waals surface area contributed by atoms with Crippen LogP contribution in [-0.2, 0) is 0 Å². The van der Waals surface area contributed by atoms with Crippen LogP contribution in [0.15, 0.2) is 29.0 Å². The lowest BCUT2D eigenvalue weighted by Crippen LogP contribution is -2.04. The van der Waals surface area contributed by atoms with Crippen molar-refractivity contribution in [1.29, 1.82) is 0 Å². The Labute approximate surface area is 108 Å². The Morgan fingerprint density at radius 1 is 1.56 bits per heavy atom. The highest BCUT2D eigenvalue weighted by Gasteiger charge is 2.26. The predicted octanol–water partition coefficient (Wildman–Crippen LogP) is 1.64. The Hall–Kier alpha value is -2.29. The quantitative estimate of drug-likeness (QED) is 0.681. The van der Waals surface area contributed by atoms with Gasteiger partial charge in [-0.25, -0.2) is 14.5 Å². The third-order valence-electron chi connectivity index (χ3n) is 2.05. The Morgan fingerprint density at radius 2 is 2.28 bits per heavy atom. The number of nitrogens with zero attached hydrogens (tertiary/aromatic N) is 4. The van der Waals surface area contributed by atoms with E-state index in [1.54, 1.807) is 12.1 Å². The van der Waals surface area contributed by atoms with E-state index in [1.165, 1.54) is 6.20 Å². The molecular formula is C9H5BrN4O4. The molecule has 2 aromatic heterocycles. The first-order chi connectivity index (χ1) is 8.50. The zero-order chi connectivity index (χ0) is 13.3. The highest BCUT2D eigenvalue weighted by atomic mass is 79.9. The van der Waals surface area contributed by atoms with Crippen molar-refractivity contribution in [2.75, 3.05) is 0 Å². The van der Waals surface area contributed by atoms with Crippen molar-refractivity contribution in [3.63, 3.8) is 0 Å². The average molecular weight is 313 g/mol. The van der Waals surface area contributed by atoms with Crippen LogP contribution in [0.4, 0.5) is 5.69 Å². The van der Waals surface area contributed by atoms with E-state index in [-0.39, 0.29) is 5.82 Å². The van der Waals surface area contributed by atoms with E-state index in [2.05, 4.69) is 26.0 Å². The van der Waals surface area contributed by atoms with E-state index in [0.717, 1.165) is 10.9 Å². The number of halogens is 1. The molecule has 0 atom stereocenters. The predicted molar refractivity (Wildman–Crippen MR) is 62.7 cm³/mol. The van der Waals surface area contributed by atoms with Crippen LogP contribution in [-0.4, -0.2) is 30.8 Å². The summed E-state index contributed by atoms with van der Waals surface area (Å²) < 4.78 is 1.59. The van der Waals surface area contributed by atoms with Crippen LogP contribution >= 0.6 is 15.9 Å². The molecule has 2 aromatic rings. The molecule has 0 bridgehead atoms. The van der Waals surface area contributed by atoms with Crippen LogP contribution in [0.2, 0.25) is 0 Å². The van der Waals surface area contributed by atoms with E-state index in [4.69, 9.17) is 5.11 Å². The SMILES string of the molecule is O=C(O)c1nn(-c2ncccc2Br)cc1[N+](=O)[O-]. The van der Waals surface area contributed by atoms with Crippen LogP contribution in [0.3, 0.4) is 0 Å². The van der Waals surface area contributed by atoms with Gasteiger partial charge in [-0.15, -0.1) is 0 Å². The topological polar surface area (TPSA) is 111 Å². The minimum Gasteiger partial charge on any atom is -0.476 e. The molecule has 8 nitrogen and oxygen atoms in total. The molecule has 18 heavy (non-hydrogen) atoms. The second kappa shape index (κ2) is 4.53. The summed E-state index contributed by atoms with van der Waals surface area (Å²) in [7, 11) is 0. The lowest BCUT2D eigenvalue weighted by molar-refractivity contribution is -0.385. The van der Waals surface area contributed by atoms with E-state index in [9.17, 15) is 14.9 Å². The summed E-state index contributed by atoms with van der Waals surface area (Å²) in [6.07, 6.45) is 2.48. The molecule has 0 unspecified atom stereocenters. The first-order valence-electron chi connectivity index (χ1n) is 4.59. The molecule has 0 saturated carbocycles. The van der Waals surface area contributed by atoms with Crippen LogP contribution < -0.4 is 0 Å². The van der Waals surface area contributed by atoms with Gasteiger partial charge < -0.3 is 5.11 Å². The summed E-state index contributed by atoms with van der Waals surface area (Å²) in [6, 6.07) is 3.32. The average Bonchev–Trinajstić information content (AvgIpc) is 2.74. The zero-order valence-corrected chi connectivity index (χ0v) is 10.2. The minimum atomic E-state index is -1.47. The first-order valence-corrected chi connectivity index (χ1v) is 5.38. The fourth-order valence-electron chi connectivity index (χ4n) is 1.31. The number of aromatic nitrogens is 3. The number of carboxylic acid groups (broad SMARTS) is 1. The van der Waals surface area contributed by atoms with Crippen LogP contribution in [0.1, 0.15) is 10.5 Å². The molecule has 2 heterocycles. The lowest BCUT2D eigenvalue weighted by atomic mass is 10.4. The number of hydrogen-bond acceptors (Lipinski definition) is 5. The third-order valence-corrected chi connectivity index (χ3v) is 2.67. The minimum absolute atomic E-state index is 0.271. The maximum atomic E-state index is 10.8. The maximum absolute atomic E-state index is 10.8. The maximum Gasteiger partial charge on any atom is 0.363 e. The number of pyridine rings is 1. The summed E-state index contributed by atoms with van der Waals surface area (Å²) in [4.78, 5) is 24.7. The molecule has 0 radical (unpaired) electrons.